The van der Waals surface area contributed by atoms with Gasteiger partial charge in [-0.15, -0.1) is 0 Å². The van der Waals surface area contributed by atoms with Gasteiger partial charge in [0, 0.05) is 32.2 Å². The van der Waals surface area contributed by atoms with E-state index in [1.165, 1.54) is 36.2 Å². The minimum absolute atomic E-state index is 0.586. The monoisotopic (exact) mass is 260 g/mol. The van der Waals surface area contributed by atoms with E-state index in [0.29, 0.717) is 6.04 Å². The maximum Gasteiger partial charge on any atom is 0.0354 e. The van der Waals surface area contributed by atoms with Gasteiger partial charge in [0.2, 0.25) is 0 Å². The van der Waals surface area contributed by atoms with Gasteiger partial charge in [-0.2, -0.15) is 0 Å². The van der Waals surface area contributed by atoms with E-state index >= 15 is 0 Å². The second-order valence-corrected chi connectivity index (χ2v) is 6.29. The first-order chi connectivity index (χ1) is 9.08. The molecule has 0 saturated carbocycles. The molecule has 1 N–H and O–H groups in total. The molecule has 1 aromatic rings. The highest BCUT2D eigenvalue weighted by Gasteiger charge is 2.24. The lowest BCUT2D eigenvalue weighted by atomic mass is 9.91. The first-order valence-electron chi connectivity index (χ1n) is 7.60. The maximum atomic E-state index is 3.46. The van der Waals surface area contributed by atoms with Crippen molar-refractivity contribution in [2.75, 3.05) is 26.2 Å². The van der Waals surface area contributed by atoms with Gasteiger partial charge in [-0.25, -0.2) is 0 Å². The number of piperazine rings is 1. The van der Waals surface area contributed by atoms with Crippen LogP contribution in [-0.4, -0.2) is 31.1 Å². The third-order valence-corrected chi connectivity index (χ3v) is 4.07. The van der Waals surface area contributed by atoms with Gasteiger partial charge in [0.15, 0.2) is 0 Å². The number of benzene rings is 1. The van der Waals surface area contributed by atoms with Crippen molar-refractivity contribution >= 4 is 0 Å². The Morgan fingerprint density at radius 2 is 1.84 bits per heavy atom. The number of nitrogens with zero attached hydrogens (tertiary/aromatic N) is 1. The molecular weight excluding hydrogens is 232 g/mol. The lowest BCUT2D eigenvalue weighted by molar-refractivity contribution is 0.153. The Balaban J connectivity index is 2.25. The van der Waals surface area contributed by atoms with Crippen molar-refractivity contribution in [1.29, 1.82) is 0 Å². The molecule has 0 bridgehead atoms. The van der Waals surface area contributed by atoms with Crippen molar-refractivity contribution < 1.29 is 0 Å². The van der Waals surface area contributed by atoms with E-state index in [2.05, 4.69) is 56.1 Å². The van der Waals surface area contributed by atoms with Gasteiger partial charge in [-0.05, 0) is 37.3 Å². The Hall–Kier alpha value is -0.860. The SMILES string of the molecule is Cc1ccc([C@@H](CC(C)C)N2CCNCC2)c(C)c1. The molecule has 2 heteroatoms. The van der Waals surface area contributed by atoms with Crippen LogP contribution in [0.25, 0.3) is 0 Å². The summed E-state index contributed by atoms with van der Waals surface area (Å²) in [5, 5.41) is 3.46. The van der Waals surface area contributed by atoms with E-state index in [-0.39, 0.29) is 0 Å². The summed E-state index contributed by atoms with van der Waals surface area (Å²) in [4.78, 5) is 2.66. The Morgan fingerprint density at radius 3 is 2.42 bits per heavy atom. The normalized spacial score (nSPS) is 18.8. The molecule has 0 unspecified atom stereocenters. The fraction of sp³-hybridized carbons (Fsp3) is 0.647. The van der Waals surface area contributed by atoms with E-state index in [9.17, 15) is 0 Å². The zero-order valence-corrected chi connectivity index (χ0v) is 12.9. The summed E-state index contributed by atoms with van der Waals surface area (Å²) < 4.78 is 0. The molecule has 1 aliphatic rings. The van der Waals surface area contributed by atoms with Gasteiger partial charge in [-0.3, -0.25) is 4.90 Å². The second-order valence-electron chi connectivity index (χ2n) is 6.29. The zero-order chi connectivity index (χ0) is 13.8. The van der Waals surface area contributed by atoms with Crippen LogP contribution in [-0.2, 0) is 0 Å². The predicted molar refractivity (Wildman–Crippen MR) is 82.6 cm³/mol. The topological polar surface area (TPSA) is 15.3 Å². The average molecular weight is 260 g/mol. The smallest absolute Gasteiger partial charge is 0.0354 e. The van der Waals surface area contributed by atoms with Crippen LogP contribution in [0.5, 0.6) is 0 Å². The van der Waals surface area contributed by atoms with Crippen molar-refractivity contribution in [2.24, 2.45) is 5.92 Å². The first-order valence-corrected chi connectivity index (χ1v) is 7.60. The van der Waals surface area contributed by atoms with Crippen LogP contribution in [0, 0.1) is 19.8 Å². The second kappa shape index (κ2) is 6.53. The van der Waals surface area contributed by atoms with E-state index in [0.717, 1.165) is 19.0 Å². The Bertz CT molecular complexity index is 406. The highest BCUT2D eigenvalue weighted by atomic mass is 15.2. The number of hydrogen-bond acceptors (Lipinski definition) is 2. The largest absolute Gasteiger partial charge is 0.314 e. The lowest BCUT2D eigenvalue weighted by Crippen LogP contribution is -2.45. The molecule has 1 saturated heterocycles. The first kappa shape index (κ1) is 14.5. The minimum atomic E-state index is 0.586. The van der Waals surface area contributed by atoms with Crippen LogP contribution in [0.2, 0.25) is 0 Å². The lowest BCUT2D eigenvalue weighted by Gasteiger charge is -2.37. The molecule has 0 aromatic heterocycles. The highest BCUT2D eigenvalue weighted by Crippen LogP contribution is 2.30. The van der Waals surface area contributed by atoms with Crippen LogP contribution in [0.1, 0.15) is 43.0 Å². The minimum Gasteiger partial charge on any atom is -0.314 e. The van der Waals surface area contributed by atoms with Crippen molar-refractivity contribution in [2.45, 2.75) is 40.2 Å². The molecule has 2 nitrogen and oxygen atoms in total. The summed E-state index contributed by atoms with van der Waals surface area (Å²) in [6.45, 7) is 13.7. The van der Waals surface area contributed by atoms with Crippen LogP contribution >= 0.6 is 0 Å². The van der Waals surface area contributed by atoms with Crippen molar-refractivity contribution in [3.63, 3.8) is 0 Å². The van der Waals surface area contributed by atoms with E-state index in [4.69, 9.17) is 0 Å². The molecule has 0 spiro atoms. The van der Waals surface area contributed by atoms with E-state index in [1.54, 1.807) is 0 Å². The van der Waals surface area contributed by atoms with Gasteiger partial charge in [0.05, 0.1) is 0 Å². The number of aryl methyl sites for hydroxylation is 2. The van der Waals surface area contributed by atoms with Gasteiger partial charge in [0.1, 0.15) is 0 Å². The van der Waals surface area contributed by atoms with Gasteiger partial charge >= 0.3 is 0 Å². The van der Waals surface area contributed by atoms with Gasteiger partial charge in [0.25, 0.3) is 0 Å². The maximum absolute atomic E-state index is 3.46. The molecular formula is C17H28N2. The molecule has 0 amide bonds. The summed E-state index contributed by atoms with van der Waals surface area (Å²) in [5.41, 5.74) is 4.34. The molecule has 1 fully saturated rings. The fourth-order valence-electron chi connectivity index (χ4n) is 3.11. The van der Waals surface area contributed by atoms with Crippen molar-refractivity contribution in [3.8, 4) is 0 Å². The summed E-state index contributed by atoms with van der Waals surface area (Å²) in [7, 11) is 0. The zero-order valence-electron chi connectivity index (χ0n) is 12.9. The summed E-state index contributed by atoms with van der Waals surface area (Å²) in [5.74, 6) is 0.737. The Labute approximate surface area is 118 Å². The predicted octanol–water partition coefficient (Wildman–Crippen LogP) is 3.30. The summed E-state index contributed by atoms with van der Waals surface area (Å²) in [6, 6.07) is 7.52. The van der Waals surface area contributed by atoms with Crippen LogP contribution < -0.4 is 5.32 Å². The van der Waals surface area contributed by atoms with Crippen LogP contribution in [0.15, 0.2) is 18.2 Å². The van der Waals surface area contributed by atoms with Crippen molar-refractivity contribution in [1.82, 2.24) is 10.2 Å². The molecule has 2 rings (SSSR count). The molecule has 1 heterocycles. The van der Waals surface area contributed by atoms with Crippen molar-refractivity contribution in [3.05, 3.63) is 34.9 Å². The number of nitrogens with one attached hydrogen (secondary N) is 1. The molecule has 1 aliphatic heterocycles. The third-order valence-electron chi connectivity index (χ3n) is 4.07. The van der Waals surface area contributed by atoms with Crippen LogP contribution in [0.3, 0.4) is 0 Å². The van der Waals surface area contributed by atoms with E-state index < -0.39 is 0 Å². The summed E-state index contributed by atoms with van der Waals surface area (Å²) >= 11 is 0. The fourth-order valence-corrected chi connectivity index (χ4v) is 3.11. The quantitative estimate of drug-likeness (QED) is 0.893. The van der Waals surface area contributed by atoms with Gasteiger partial charge in [-0.1, -0.05) is 37.6 Å². The summed E-state index contributed by atoms with van der Waals surface area (Å²) in [6.07, 6.45) is 1.25. The molecule has 1 atom stereocenters. The van der Waals surface area contributed by atoms with E-state index in [1.807, 2.05) is 0 Å². The molecule has 19 heavy (non-hydrogen) atoms. The third kappa shape index (κ3) is 3.80. The number of hydrogen-bond donors (Lipinski definition) is 1. The highest BCUT2D eigenvalue weighted by molar-refractivity contribution is 5.33. The number of rotatable bonds is 4. The molecule has 1 aromatic carbocycles. The average Bonchev–Trinajstić information content (AvgIpc) is 2.37. The van der Waals surface area contributed by atoms with Crippen LogP contribution in [0.4, 0.5) is 0 Å². The standard InChI is InChI=1S/C17H28N2/c1-13(2)11-17(19-9-7-18-8-10-19)16-6-5-14(3)12-15(16)4/h5-6,12-13,17-18H,7-11H2,1-4H3/t17-/m1/s1. The van der Waals surface area contributed by atoms with Gasteiger partial charge < -0.3 is 5.32 Å². The Morgan fingerprint density at radius 1 is 1.16 bits per heavy atom. The molecule has 0 radical (unpaired) electrons. The molecule has 0 aliphatic carbocycles. The molecule has 106 valence electrons. The Kier molecular flexibility index (Phi) is 5.00.